The Morgan fingerprint density at radius 2 is 2.38 bits per heavy atom. The van der Waals surface area contributed by atoms with Crippen molar-refractivity contribution in [2.24, 2.45) is 0 Å². The van der Waals surface area contributed by atoms with E-state index in [2.05, 4.69) is 4.74 Å². The van der Waals surface area contributed by atoms with E-state index >= 15 is 0 Å². The molecule has 1 unspecified atom stereocenters. The Balaban J connectivity index is 2.84. The quantitative estimate of drug-likeness (QED) is 0.751. The van der Waals surface area contributed by atoms with Crippen molar-refractivity contribution >= 4 is 18.1 Å². The number of aliphatic hydroxyl groups excluding tert-OH is 1. The van der Waals surface area contributed by atoms with Crippen LogP contribution in [0, 0.1) is 0 Å². The lowest BCUT2D eigenvalue weighted by molar-refractivity contribution is -0.135. The summed E-state index contributed by atoms with van der Waals surface area (Å²) in [7, 11) is 0. The van der Waals surface area contributed by atoms with Gasteiger partial charge in [-0.05, 0) is 17.7 Å². The van der Waals surface area contributed by atoms with E-state index in [-0.39, 0.29) is 6.61 Å². The molecule has 0 saturated heterocycles. The van der Waals surface area contributed by atoms with Crippen LogP contribution in [0.25, 0.3) is 0 Å². The Kier molecular flexibility index (Phi) is 3.73. The standard InChI is InChI=1S/C9H9ClO3/c10-8-3-1-2-7(4-8)9(5-11)13-6-12/h1-4,6,9,11H,5H2. The van der Waals surface area contributed by atoms with Gasteiger partial charge in [0.05, 0.1) is 6.61 Å². The maximum absolute atomic E-state index is 10.1. The number of benzene rings is 1. The van der Waals surface area contributed by atoms with Crippen LogP contribution in [0.5, 0.6) is 0 Å². The molecule has 1 rings (SSSR count). The maximum atomic E-state index is 10.1. The Labute approximate surface area is 80.9 Å². The molecule has 13 heavy (non-hydrogen) atoms. The molecule has 4 heteroatoms. The monoisotopic (exact) mass is 200 g/mol. The van der Waals surface area contributed by atoms with Crippen LogP contribution in [0.3, 0.4) is 0 Å². The summed E-state index contributed by atoms with van der Waals surface area (Å²) in [5.41, 5.74) is 0.683. The average molecular weight is 201 g/mol. The lowest BCUT2D eigenvalue weighted by Gasteiger charge is -2.12. The number of hydrogen-bond acceptors (Lipinski definition) is 3. The van der Waals surface area contributed by atoms with Crippen molar-refractivity contribution in [2.45, 2.75) is 6.10 Å². The minimum atomic E-state index is -0.629. The van der Waals surface area contributed by atoms with Gasteiger partial charge in [0, 0.05) is 5.02 Å². The molecule has 3 nitrogen and oxygen atoms in total. The fourth-order valence-electron chi connectivity index (χ4n) is 1.00. The van der Waals surface area contributed by atoms with Crippen molar-refractivity contribution in [1.82, 2.24) is 0 Å². The van der Waals surface area contributed by atoms with Gasteiger partial charge in [-0.15, -0.1) is 0 Å². The predicted molar refractivity (Wildman–Crippen MR) is 48.4 cm³/mol. The second-order valence-electron chi connectivity index (χ2n) is 2.46. The molecule has 1 atom stereocenters. The van der Waals surface area contributed by atoms with Crippen LogP contribution < -0.4 is 0 Å². The van der Waals surface area contributed by atoms with E-state index in [1.165, 1.54) is 0 Å². The van der Waals surface area contributed by atoms with E-state index in [0.29, 0.717) is 17.1 Å². The molecule has 0 spiro atoms. The van der Waals surface area contributed by atoms with Gasteiger partial charge in [0.15, 0.2) is 0 Å². The zero-order valence-corrected chi connectivity index (χ0v) is 7.57. The Hall–Kier alpha value is -1.06. The summed E-state index contributed by atoms with van der Waals surface area (Å²) < 4.78 is 4.64. The third-order valence-corrected chi connectivity index (χ3v) is 1.84. The topological polar surface area (TPSA) is 46.5 Å². The molecule has 0 bridgehead atoms. The molecule has 0 saturated carbocycles. The number of ether oxygens (including phenoxy) is 1. The van der Waals surface area contributed by atoms with Crippen molar-refractivity contribution in [1.29, 1.82) is 0 Å². The number of hydrogen-bond donors (Lipinski definition) is 1. The van der Waals surface area contributed by atoms with Crippen molar-refractivity contribution in [3.63, 3.8) is 0 Å². The molecule has 0 heterocycles. The third-order valence-electron chi connectivity index (χ3n) is 1.61. The number of rotatable bonds is 4. The minimum Gasteiger partial charge on any atom is -0.457 e. The molecule has 1 aromatic rings. The highest BCUT2D eigenvalue weighted by atomic mass is 35.5. The third kappa shape index (κ3) is 2.72. The molecule has 0 fully saturated rings. The fraction of sp³-hybridized carbons (Fsp3) is 0.222. The normalized spacial score (nSPS) is 12.2. The summed E-state index contributed by atoms with van der Waals surface area (Å²) in [6.45, 7) is 0.0564. The van der Waals surface area contributed by atoms with Crippen molar-refractivity contribution < 1.29 is 14.6 Å². The summed E-state index contributed by atoms with van der Waals surface area (Å²) in [5.74, 6) is 0. The van der Waals surface area contributed by atoms with E-state index < -0.39 is 6.10 Å². The van der Waals surface area contributed by atoms with Crippen LogP contribution in [-0.2, 0) is 9.53 Å². The molecule has 0 aliphatic carbocycles. The zero-order valence-electron chi connectivity index (χ0n) is 6.81. The second kappa shape index (κ2) is 4.84. The van der Waals surface area contributed by atoms with Crippen LogP contribution in [0.1, 0.15) is 11.7 Å². The molecular weight excluding hydrogens is 192 g/mol. The summed E-state index contributed by atoms with van der Waals surface area (Å²) in [6.07, 6.45) is -0.629. The molecule has 0 radical (unpaired) electrons. The van der Waals surface area contributed by atoms with Gasteiger partial charge in [-0.3, -0.25) is 4.79 Å². The van der Waals surface area contributed by atoms with Crippen LogP contribution in [-0.4, -0.2) is 18.2 Å². The van der Waals surface area contributed by atoms with Gasteiger partial charge in [-0.25, -0.2) is 0 Å². The number of aliphatic hydroxyl groups is 1. The first kappa shape index (κ1) is 10.0. The highest BCUT2D eigenvalue weighted by Crippen LogP contribution is 2.19. The van der Waals surface area contributed by atoms with Crippen LogP contribution in [0.2, 0.25) is 5.02 Å². The predicted octanol–water partition coefficient (Wildman–Crippen LogP) is 1.55. The lowest BCUT2D eigenvalue weighted by atomic mass is 10.1. The zero-order chi connectivity index (χ0) is 9.68. The Bertz CT molecular complexity index is 288. The van der Waals surface area contributed by atoms with Gasteiger partial charge in [0.2, 0.25) is 0 Å². The van der Waals surface area contributed by atoms with Crippen LogP contribution >= 0.6 is 11.6 Å². The Morgan fingerprint density at radius 3 is 2.92 bits per heavy atom. The first-order valence-electron chi connectivity index (χ1n) is 3.73. The molecule has 1 N–H and O–H groups in total. The van der Waals surface area contributed by atoms with Crippen LogP contribution in [0.15, 0.2) is 24.3 Å². The molecule has 0 aliphatic heterocycles. The number of halogens is 1. The molecular formula is C9H9ClO3. The number of carbonyl (C=O) groups is 1. The van der Waals surface area contributed by atoms with Gasteiger partial charge in [-0.1, -0.05) is 23.7 Å². The SMILES string of the molecule is O=COC(CO)c1cccc(Cl)c1. The van der Waals surface area contributed by atoms with E-state index in [1.807, 2.05) is 0 Å². The lowest BCUT2D eigenvalue weighted by Crippen LogP contribution is -2.07. The Morgan fingerprint density at radius 1 is 1.62 bits per heavy atom. The van der Waals surface area contributed by atoms with E-state index in [9.17, 15) is 4.79 Å². The highest BCUT2D eigenvalue weighted by Gasteiger charge is 2.10. The molecule has 70 valence electrons. The largest absolute Gasteiger partial charge is 0.457 e. The molecule has 0 aliphatic rings. The fourth-order valence-corrected chi connectivity index (χ4v) is 1.20. The van der Waals surface area contributed by atoms with Crippen molar-refractivity contribution in [2.75, 3.05) is 6.61 Å². The van der Waals surface area contributed by atoms with E-state index in [4.69, 9.17) is 16.7 Å². The van der Waals surface area contributed by atoms with Crippen molar-refractivity contribution in [3.05, 3.63) is 34.9 Å². The maximum Gasteiger partial charge on any atom is 0.293 e. The molecule has 0 amide bonds. The van der Waals surface area contributed by atoms with Gasteiger partial charge >= 0.3 is 0 Å². The summed E-state index contributed by atoms with van der Waals surface area (Å²) in [5, 5.41) is 9.42. The van der Waals surface area contributed by atoms with Gasteiger partial charge in [0.1, 0.15) is 6.10 Å². The molecule has 0 aromatic heterocycles. The summed E-state index contributed by atoms with van der Waals surface area (Å²) in [6, 6.07) is 6.82. The average Bonchev–Trinajstić information content (AvgIpc) is 2.14. The summed E-state index contributed by atoms with van der Waals surface area (Å²) >= 11 is 5.72. The first-order chi connectivity index (χ1) is 6.27. The molecule has 1 aromatic carbocycles. The van der Waals surface area contributed by atoms with E-state index in [0.717, 1.165) is 0 Å². The summed E-state index contributed by atoms with van der Waals surface area (Å²) in [4.78, 5) is 10.1. The smallest absolute Gasteiger partial charge is 0.293 e. The van der Waals surface area contributed by atoms with Gasteiger partial charge in [0.25, 0.3) is 6.47 Å². The first-order valence-corrected chi connectivity index (χ1v) is 4.11. The van der Waals surface area contributed by atoms with Gasteiger partial charge in [-0.2, -0.15) is 0 Å². The van der Waals surface area contributed by atoms with Crippen molar-refractivity contribution in [3.8, 4) is 0 Å². The highest BCUT2D eigenvalue weighted by molar-refractivity contribution is 6.30. The van der Waals surface area contributed by atoms with Crippen LogP contribution in [0.4, 0.5) is 0 Å². The van der Waals surface area contributed by atoms with Gasteiger partial charge < -0.3 is 9.84 Å². The second-order valence-corrected chi connectivity index (χ2v) is 2.89. The number of carbonyl (C=O) groups excluding carboxylic acids is 1. The minimum absolute atomic E-state index is 0.251. The van der Waals surface area contributed by atoms with E-state index in [1.54, 1.807) is 24.3 Å².